The summed E-state index contributed by atoms with van der Waals surface area (Å²) in [6.45, 7) is 13.9. The minimum atomic E-state index is -4.95. The molecule has 0 aromatic heterocycles. The van der Waals surface area contributed by atoms with Gasteiger partial charge in [0, 0.05) is 25.7 Å². The van der Waals surface area contributed by atoms with Crippen molar-refractivity contribution >= 4 is 39.5 Å². The van der Waals surface area contributed by atoms with Crippen LogP contribution in [-0.4, -0.2) is 96.7 Å². The maximum Gasteiger partial charge on any atom is 0.472 e. The molecular weight excluding hydrogens is 1110 g/mol. The monoisotopic (exact) mass is 1240 g/mol. The van der Waals surface area contributed by atoms with Gasteiger partial charge >= 0.3 is 39.5 Å². The molecule has 0 rings (SSSR count). The van der Waals surface area contributed by atoms with E-state index in [1.807, 2.05) is 0 Å². The quantitative estimate of drug-likeness (QED) is 0.0222. The van der Waals surface area contributed by atoms with Gasteiger partial charge in [0.2, 0.25) is 0 Å². The van der Waals surface area contributed by atoms with E-state index in [2.05, 4.69) is 55.4 Å². The van der Waals surface area contributed by atoms with Crippen LogP contribution in [0.15, 0.2) is 0 Å². The lowest BCUT2D eigenvalue weighted by atomic mass is 9.99. The molecule has 0 aliphatic heterocycles. The van der Waals surface area contributed by atoms with Crippen LogP contribution in [0.5, 0.6) is 0 Å². The Morgan fingerprint density at radius 3 is 0.845 bits per heavy atom. The van der Waals surface area contributed by atoms with Gasteiger partial charge < -0.3 is 33.8 Å². The van der Waals surface area contributed by atoms with Gasteiger partial charge in [-0.2, -0.15) is 0 Å². The van der Waals surface area contributed by atoms with E-state index in [1.165, 1.54) is 103 Å². The average Bonchev–Trinajstić information content (AvgIpc) is 3.48. The van der Waals surface area contributed by atoms with Crippen LogP contribution in [0, 0.1) is 23.7 Å². The highest BCUT2D eigenvalue weighted by Gasteiger charge is 2.30. The molecule has 0 saturated heterocycles. The average molecular weight is 1240 g/mol. The van der Waals surface area contributed by atoms with E-state index in [4.69, 9.17) is 37.0 Å². The van der Waals surface area contributed by atoms with Crippen molar-refractivity contribution in [2.75, 3.05) is 39.6 Å². The zero-order valence-corrected chi connectivity index (χ0v) is 56.3. The Hall–Kier alpha value is -1.94. The molecule has 0 aliphatic rings. The minimum Gasteiger partial charge on any atom is -0.462 e. The predicted octanol–water partition coefficient (Wildman–Crippen LogP) is 17.8. The van der Waals surface area contributed by atoms with Gasteiger partial charge in [0.25, 0.3) is 0 Å². The molecule has 0 fully saturated rings. The summed E-state index contributed by atoms with van der Waals surface area (Å²) in [4.78, 5) is 72.2. The topological polar surface area (TPSA) is 237 Å². The van der Waals surface area contributed by atoms with Crippen LogP contribution in [0.4, 0.5) is 0 Å². The lowest BCUT2D eigenvalue weighted by Crippen LogP contribution is -2.30. The van der Waals surface area contributed by atoms with Crippen molar-refractivity contribution < 1.29 is 80.2 Å². The molecule has 0 spiro atoms. The molecule has 0 radical (unpaired) electrons. The molecule has 84 heavy (non-hydrogen) atoms. The number of aliphatic hydroxyl groups excluding tert-OH is 1. The highest BCUT2D eigenvalue weighted by Crippen LogP contribution is 2.45. The first kappa shape index (κ1) is 82.1. The summed E-state index contributed by atoms with van der Waals surface area (Å²) in [5, 5.41) is 10.5. The van der Waals surface area contributed by atoms with E-state index in [-0.39, 0.29) is 25.7 Å². The summed E-state index contributed by atoms with van der Waals surface area (Å²) in [7, 11) is -9.89. The van der Waals surface area contributed by atoms with E-state index in [9.17, 15) is 43.2 Å². The van der Waals surface area contributed by atoms with Crippen LogP contribution in [-0.2, 0) is 65.4 Å². The zero-order valence-electron chi connectivity index (χ0n) is 54.5. The standard InChI is InChI=1S/C65H126O17P2/c1-9-58(8)44-36-28-19-12-10-11-13-20-31-39-47-64(69)81-60(51-75-62(67)45-37-29-22-16-18-26-34-42-56(4)5)53-79-83(71,72)77-49-59(66)50-78-84(73,74)80-54-61(52-76-63(68)46-38-30-24-23-27-35-43-57(6)7)82-65(70)48-40-32-21-15-14-17-25-33-41-55(2)3/h55-61,66H,9-54H2,1-8H3,(H,71,72)(H,73,74)/t58?,59-,60-,61-/m1/s1. The third kappa shape index (κ3) is 57.8. The third-order valence-corrected chi connectivity index (χ3v) is 17.1. The molecule has 0 aromatic carbocycles. The van der Waals surface area contributed by atoms with Gasteiger partial charge in [0.15, 0.2) is 12.2 Å². The van der Waals surface area contributed by atoms with Crippen molar-refractivity contribution in [1.82, 2.24) is 0 Å². The molecule has 498 valence electrons. The maximum absolute atomic E-state index is 13.0. The molecule has 6 atom stereocenters. The minimum absolute atomic E-state index is 0.103. The lowest BCUT2D eigenvalue weighted by molar-refractivity contribution is -0.161. The van der Waals surface area contributed by atoms with Gasteiger partial charge in [-0.3, -0.25) is 37.3 Å². The molecule has 19 heteroatoms. The van der Waals surface area contributed by atoms with E-state index >= 15 is 0 Å². The highest BCUT2D eigenvalue weighted by molar-refractivity contribution is 7.47. The van der Waals surface area contributed by atoms with Crippen LogP contribution in [0.25, 0.3) is 0 Å². The molecule has 0 aromatic rings. The number of hydrogen-bond acceptors (Lipinski definition) is 15. The number of esters is 4. The number of aliphatic hydroxyl groups is 1. The number of rotatable bonds is 62. The second-order valence-electron chi connectivity index (χ2n) is 25.2. The fraction of sp³-hybridized carbons (Fsp3) is 0.938. The Balaban J connectivity index is 5.25. The number of phosphoric acid groups is 2. The Kier molecular flexibility index (Phi) is 53.9. The van der Waals surface area contributed by atoms with Gasteiger partial charge in [-0.25, -0.2) is 9.13 Å². The van der Waals surface area contributed by atoms with Gasteiger partial charge in [-0.15, -0.1) is 0 Å². The summed E-state index contributed by atoms with van der Waals surface area (Å²) in [5.74, 6) is 0.765. The molecule has 0 heterocycles. The van der Waals surface area contributed by atoms with E-state index in [1.54, 1.807) is 0 Å². The van der Waals surface area contributed by atoms with Gasteiger partial charge in [-0.05, 0) is 49.4 Å². The zero-order chi connectivity index (χ0) is 62.5. The van der Waals surface area contributed by atoms with Crippen LogP contribution >= 0.6 is 15.6 Å². The van der Waals surface area contributed by atoms with Crippen molar-refractivity contribution in [3.05, 3.63) is 0 Å². The SMILES string of the molecule is CCC(C)CCCCCCCCCCCCC(=O)O[C@H](COC(=O)CCCCCCCCCC(C)C)COP(=O)(O)OC[C@@H](O)COP(=O)(O)OC[C@@H](COC(=O)CCCCCCCCC(C)C)OC(=O)CCCCCCCCCCC(C)C. The second kappa shape index (κ2) is 55.2. The lowest BCUT2D eigenvalue weighted by Gasteiger charge is -2.21. The van der Waals surface area contributed by atoms with Crippen molar-refractivity contribution in [2.24, 2.45) is 23.7 Å². The van der Waals surface area contributed by atoms with Crippen molar-refractivity contribution in [1.29, 1.82) is 0 Å². The van der Waals surface area contributed by atoms with E-state index < -0.39 is 97.5 Å². The molecule has 0 amide bonds. The number of phosphoric ester groups is 2. The molecule has 3 N–H and O–H groups in total. The van der Waals surface area contributed by atoms with E-state index in [0.717, 1.165) is 115 Å². The molecule has 0 bridgehead atoms. The number of carbonyl (C=O) groups excluding carboxylic acids is 4. The number of carbonyl (C=O) groups is 4. The maximum atomic E-state index is 13.0. The summed E-state index contributed by atoms with van der Waals surface area (Å²) >= 11 is 0. The fourth-order valence-corrected chi connectivity index (χ4v) is 11.2. The van der Waals surface area contributed by atoms with Crippen molar-refractivity contribution in [3.8, 4) is 0 Å². The third-order valence-electron chi connectivity index (χ3n) is 15.2. The first-order valence-electron chi connectivity index (χ1n) is 33.7. The Morgan fingerprint density at radius 1 is 0.333 bits per heavy atom. The molecule has 3 unspecified atom stereocenters. The predicted molar refractivity (Wildman–Crippen MR) is 335 cm³/mol. The number of ether oxygens (including phenoxy) is 4. The van der Waals surface area contributed by atoms with Gasteiger partial charge in [0.05, 0.1) is 26.4 Å². The van der Waals surface area contributed by atoms with Crippen molar-refractivity contribution in [3.63, 3.8) is 0 Å². The van der Waals surface area contributed by atoms with Crippen LogP contribution in [0.2, 0.25) is 0 Å². The Labute approximate surface area is 511 Å². The first-order chi connectivity index (χ1) is 40.1. The van der Waals surface area contributed by atoms with Crippen LogP contribution < -0.4 is 0 Å². The molecular formula is C65H126O17P2. The second-order valence-corrected chi connectivity index (χ2v) is 28.1. The van der Waals surface area contributed by atoms with Crippen LogP contribution in [0.3, 0.4) is 0 Å². The van der Waals surface area contributed by atoms with Gasteiger partial charge in [0.1, 0.15) is 19.3 Å². The summed E-state index contributed by atoms with van der Waals surface area (Å²) in [6, 6.07) is 0. The normalized spacial score (nSPS) is 14.7. The van der Waals surface area contributed by atoms with Gasteiger partial charge in [-0.1, -0.05) is 261 Å². The number of hydrogen-bond donors (Lipinski definition) is 3. The molecule has 0 aliphatic carbocycles. The Bertz CT molecular complexity index is 1680. The fourth-order valence-electron chi connectivity index (χ4n) is 9.57. The first-order valence-corrected chi connectivity index (χ1v) is 36.7. The summed E-state index contributed by atoms with van der Waals surface area (Å²) in [6.07, 6.45) is 35.0. The highest BCUT2D eigenvalue weighted by atomic mass is 31.2. The largest absolute Gasteiger partial charge is 0.472 e. The van der Waals surface area contributed by atoms with E-state index in [0.29, 0.717) is 37.5 Å². The number of unbranched alkanes of at least 4 members (excludes halogenated alkanes) is 27. The van der Waals surface area contributed by atoms with Crippen LogP contribution in [0.1, 0.15) is 312 Å². The molecule has 17 nitrogen and oxygen atoms in total. The molecule has 0 saturated carbocycles. The Morgan fingerprint density at radius 2 is 0.571 bits per heavy atom. The summed E-state index contributed by atoms with van der Waals surface area (Å²) < 4.78 is 68.0. The summed E-state index contributed by atoms with van der Waals surface area (Å²) in [5.41, 5.74) is 0. The smallest absolute Gasteiger partial charge is 0.462 e. The van der Waals surface area contributed by atoms with Crippen molar-refractivity contribution in [2.45, 2.75) is 331 Å².